The van der Waals surface area contributed by atoms with Gasteiger partial charge in [-0.3, -0.25) is 4.79 Å². The van der Waals surface area contributed by atoms with Crippen LogP contribution in [0, 0.1) is 28.6 Å². The summed E-state index contributed by atoms with van der Waals surface area (Å²) in [5.74, 6) is 2.54. The lowest BCUT2D eigenvalue weighted by molar-refractivity contribution is -0.120. The molecule has 0 saturated heterocycles. The number of fused-ring (bicyclic) bond motifs is 5. The standard InChI is InChI=1S/C22H33NO2/c1-21-12-10-18(24)20(23)17(21)6-5-14-15-7-8-19(25-13-3-4-13)22(15,2)11-9-16(14)21/h13-16,19H,3-12,23H2,1-2H3. The Morgan fingerprint density at radius 3 is 2.52 bits per heavy atom. The number of hydrogen-bond acceptors (Lipinski definition) is 3. The molecular formula is C22H33NO2. The van der Waals surface area contributed by atoms with Crippen LogP contribution >= 0.6 is 0 Å². The summed E-state index contributed by atoms with van der Waals surface area (Å²) in [5.41, 5.74) is 8.77. The molecule has 0 aromatic carbocycles. The van der Waals surface area contributed by atoms with Gasteiger partial charge in [0.15, 0.2) is 5.78 Å². The monoisotopic (exact) mass is 343 g/mol. The maximum Gasteiger partial charge on any atom is 0.178 e. The molecule has 138 valence electrons. The quantitative estimate of drug-likeness (QED) is 0.811. The van der Waals surface area contributed by atoms with Gasteiger partial charge in [0.25, 0.3) is 0 Å². The minimum Gasteiger partial charge on any atom is -0.396 e. The van der Waals surface area contributed by atoms with Gasteiger partial charge >= 0.3 is 0 Å². The normalized spacial score (nSPS) is 49.6. The Labute approximate surface area is 151 Å². The van der Waals surface area contributed by atoms with E-state index in [0.29, 0.717) is 29.7 Å². The molecule has 0 radical (unpaired) electrons. The maximum atomic E-state index is 12.1. The smallest absolute Gasteiger partial charge is 0.178 e. The first kappa shape index (κ1) is 16.4. The van der Waals surface area contributed by atoms with Gasteiger partial charge in [-0.25, -0.2) is 0 Å². The molecule has 3 nitrogen and oxygen atoms in total. The molecule has 0 bridgehead atoms. The van der Waals surface area contributed by atoms with Crippen molar-refractivity contribution in [2.45, 2.75) is 90.3 Å². The molecule has 0 amide bonds. The summed E-state index contributed by atoms with van der Waals surface area (Å²) in [5, 5.41) is 0. The van der Waals surface area contributed by atoms with Crippen molar-refractivity contribution in [2.24, 2.45) is 34.3 Å². The molecule has 4 saturated carbocycles. The third-order valence-corrected chi connectivity index (χ3v) is 8.96. The molecule has 25 heavy (non-hydrogen) atoms. The van der Waals surface area contributed by atoms with Gasteiger partial charge in [-0.2, -0.15) is 0 Å². The van der Waals surface area contributed by atoms with Gasteiger partial charge < -0.3 is 10.5 Å². The summed E-state index contributed by atoms with van der Waals surface area (Å²) in [7, 11) is 0. The van der Waals surface area contributed by atoms with E-state index >= 15 is 0 Å². The van der Waals surface area contributed by atoms with Crippen molar-refractivity contribution in [1.29, 1.82) is 0 Å². The van der Waals surface area contributed by atoms with E-state index in [2.05, 4.69) is 13.8 Å². The molecule has 2 N–H and O–H groups in total. The highest BCUT2D eigenvalue weighted by molar-refractivity contribution is 5.96. The first-order valence-corrected chi connectivity index (χ1v) is 10.6. The van der Waals surface area contributed by atoms with Gasteiger partial charge in [0.2, 0.25) is 0 Å². The Kier molecular flexibility index (Phi) is 3.49. The molecule has 5 aliphatic carbocycles. The van der Waals surface area contributed by atoms with Crippen LogP contribution in [0.2, 0.25) is 0 Å². The lowest BCUT2D eigenvalue weighted by Gasteiger charge is -2.58. The zero-order chi connectivity index (χ0) is 17.4. The van der Waals surface area contributed by atoms with Crippen LogP contribution < -0.4 is 5.73 Å². The molecule has 0 heterocycles. The van der Waals surface area contributed by atoms with Crippen molar-refractivity contribution in [3.05, 3.63) is 11.3 Å². The summed E-state index contributed by atoms with van der Waals surface area (Å²) < 4.78 is 6.46. The van der Waals surface area contributed by atoms with E-state index in [9.17, 15) is 4.79 Å². The van der Waals surface area contributed by atoms with Crippen molar-refractivity contribution >= 4 is 5.78 Å². The van der Waals surface area contributed by atoms with E-state index in [0.717, 1.165) is 30.6 Å². The highest BCUT2D eigenvalue weighted by Gasteiger charge is 2.60. The van der Waals surface area contributed by atoms with Crippen LogP contribution in [0.3, 0.4) is 0 Å². The third-order valence-electron chi connectivity index (χ3n) is 8.96. The molecule has 0 aromatic heterocycles. The Hall–Kier alpha value is -0.830. The minimum absolute atomic E-state index is 0.178. The predicted octanol–water partition coefficient (Wildman–Crippen LogP) is 4.35. The fourth-order valence-electron chi connectivity index (χ4n) is 7.37. The number of carbonyl (C=O) groups excluding carboxylic acids is 1. The van der Waals surface area contributed by atoms with Gasteiger partial charge in [0.1, 0.15) is 0 Å². The Bertz CT molecular complexity index is 636. The minimum atomic E-state index is 0.178. The van der Waals surface area contributed by atoms with Crippen LogP contribution in [0.5, 0.6) is 0 Å². The van der Waals surface area contributed by atoms with Gasteiger partial charge in [0.05, 0.1) is 17.9 Å². The van der Waals surface area contributed by atoms with Crippen LogP contribution in [0.1, 0.15) is 78.1 Å². The Balaban J connectivity index is 1.44. The van der Waals surface area contributed by atoms with Crippen LogP contribution in [-0.2, 0) is 9.53 Å². The van der Waals surface area contributed by atoms with Crippen LogP contribution in [0.15, 0.2) is 11.3 Å². The molecule has 5 rings (SSSR count). The van der Waals surface area contributed by atoms with E-state index in [1.165, 1.54) is 50.5 Å². The van der Waals surface area contributed by atoms with Crippen molar-refractivity contribution < 1.29 is 9.53 Å². The summed E-state index contributed by atoms with van der Waals surface area (Å²) in [6.07, 6.45) is 12.8. The molecular weight excluding hydrogens is 310 g/mol. The molecule has 4 fully saturated rings. The zero-order valence-electron chi connectivity index (χ0n) is 15.9. The second kappa shape index (κ2) is 5.34. The fraction of sp³-hybridized carbons (Fsp3) is 0.864. The fourth-order valence-corrected chi connectivity index (χ4v) is 7.37. The summed E-state index contributed by atoms with van der Waals surface area (Å²) in [6, 6.07) is 0. The van der Waals surface area contributed by atoms with Gasteiger partial charge in [-0.15, -0.1) is 0 Å². The number of carbonyl (C=O) groups is 1. The number of allylic oxidation sites excluding steroid dienone is 1. The molecule has 0 aromatic rings. The number of rotatable bonds is 2. The molecule has 3 heteroatoms. The second-order valence-corrected chi connectivity index (χ2v) is 10.1. The zero-order valence-corrected chi connectivity index (χ0v) is 15.9. The van der Waals surface area contributed by atoms with E-state index in [4.69, 9.17) is 10.5 Å². The van der Waals surface area contributed by atoms with Gasteiger partial charge in [-0.1, -0.05) is 13.8 Å². The maximum absolute atomic E-state index is 12.1. The highest BCUT2D eigenvalue weighted by Crippen LogP contribution is 2.66. The third kappa shape index (κ3) is 2.23. The number of Topliss-reactive ketones (excluding diaryl/α,β-unsaturated/α-hetero) is 1. The van der Waals surface area contributed by atoms with E-state index < -0.39 is 0 Å². The number of ether oxygens (including phenoxy) is 1. The predicted molar refractivity (Wildman–Crippen MR) is 97.7 cm³/mol. The summed E-state index contributed by atoms with van der Waals surface area (Å²) in [6.45, 7) is 4.95. The van der Waals surface area contributed by atoms with Crippen molar-refractivity contribution in [2.75, 3.05) is 0 Å². The second-order valence-electron chi connectivity index (χ2n) is 10.1. The SMILES string of the molecule is CC12CCC(=O)C(N)=C1CCC1C2CCC2(C)C(OC3CC3)CCC12. The van der Waals surface area contributed by atoms with E-state index in [-0.39, 0.29) is 11.2 Å². The molecule has 0 spiro atoms. The van der Waals surface area contributed by atoms with Crippen LogP contribution in [0.4, 0.5) is 0 Å². The topological polar surface area (TPSA) is 52.3 Å². The molecule has 6 unspecified atom stereocenters. The van der Waals surface area contributed by atoms with E-state index in [1.807, 2.05) is 0 Å². The Morgan fingerprint density at radius 1 is 0.960 bits per heavy atom. The average Bonchev–Trinajstić information content (AvgIpc) is 3.34. The van der Waals surface area contributed by atoms with Crippen LogP contribution in [-0.4, -0.2) is 18.0 Å². The van der Waals surface area contributed by atoms with Crippen molar-refractivity contribution in [3.63, 3.8) is 0 Å². The molecule has 5 aliphatic rings. The largest absolute Gasteiger partial charge is 0.396 e. The summed E-state index contributed by atoms with van der Waals surface area (Å²) >= 11 is 0. The first-order chi connectivity index (χ1) is 11.9. The van der Waals surface area contributed by atoms with Gasteiger partial charge in [-0.05, 0) is 91.9 Å². The molecule has 0 aliphatic heterocycles. The van der Waals surface area contributed by atoms with Crippen molar-refractivity contribution in [1.82, 2.24) is 0 Å². The average molecular weight is 344 g/mol. The van der Waals surface area contributed by atoms with E-state index in [1.54, 1.807) is 0 Å². The lowest BCUT2D eigenvalue weighted by atomic mass is 9.47. The number of hydrogen-bond donors (Lipinski definition) is 1. The van der Waals surface area contributed by atoms with Crippen molar-refractivity contribution in [3.8, 4) is 0 Å². The number of nitrogens with two attached hydrogens (primary N) is 1. The highest BCUT2D eigenvalue weighted by atomic mass is 16.5. The Morgan fingerprint density at radius 2 is 1.76 bits per heavy atom. The van der Waals surface area contributed by atoms with Crippen LogP contribution in [0.25, 0.3) is 0 Å². The lowest BCUT2D eigenvalue weighted by Crippen LogP contribution is -2.52. The number of ketones is 1. The first-order valence-electron chi connectivity index (χ1n) is 10.6. The van der Waals surface area contributed by atoms with Gasteiger partial charge in [0, 0.05) is 6.42 Å². The molecule has 6 atom stereocenters. The summed E-state index contributed by atoms with van der Waals surface area (Å²) in [4.78, 5) is 12.1.